The lowest BCUT2D eigenvalue weighted by atomic mass is 10.0. The van der Waals surface area contributed by atoms with Crippen molar-refractivity contribution in [2.75, 3.05) is 19.6 Å². The summed E-state index contributed by atoms with van der Waals surface area (Å²) in [5, 5.41) is 6.05. The second kappa shape index (κ2) is 5.42. The molecule has 2 N–H and O–H groups in total. The summed E-state index contributed by atoms with van der Waals surface area (Å²) in [6.07, 6.45) is 3.06. The molecule has 3 rings (SSSR count). The zero-order chi connectivity index (χ0) is 13.9. The molecule has 2 aromatic rings. The Morgan fingerprint density at radius 3 is 2.80 bits per heavy atom. The standard InChI is InChI=1S/C14H15FN4O/c15-11-1-3-12(4-2-11)19-9-17-8-13(19)14(20)18-7-10-5-16-6-10/h1-4,8-10,16H,5-7H2,(H,18,20). The first-order chi connectivity index (χ1) is 9.74. The monoisotopic (exact) mass is 274 g/mol. The summed E-state index contributed by atoms with van der Waals surface area (Å²) in [4.78, 5) is 16.1. The molecule has 2 heterocycles. The van der Waals surface area contributed by atoms with E-state index in [1.165, 1.54) is 18.3 Å². The molecule has 0 atom stereocenters. The number of carbonyl (C=O) groups excluding carboxylic acids is 1. The molecule has 1 aliphatic heterocycles. The van der Waals surface area contributed by atoms with Crippen LogP contribution < -0.4 is 10.6 Å². The third kappa shape index (κ3) is 2.55. The summed E-state index contributed by atoms with van der Waals surface area (Å²) in [5.41, 5.74) is 1.16. The van der Waals surface area contributed by atoms with Gasteiger partial charge in [0, 0.05) is 31.2 Å². The van der Waals surface area contributed by atoms with Gasteiger partial charge in [-0.1, -0.05) is 0 Å². The normalized spacial score (nSPS) is 14.8. The Kier molecular flexibility index (Phi) is 3.47. The summed E-state index contributed by atoms with van der Waals surface area (Å²) in [6.45, 7) is 2.54. The van der Waals surface area contributed by atoms with Crippen molar-refractivity contribution in [3.05, 3.63) is 48.3 Å². The largest absolute Gasteiger partial charge is 0.350 e. The molecule has 1 aliphatic rings. The van der Waals surface area contributed by atoms with Crippen LogP contribution in [0.15, 0.2) is 36.8 Å². The number of amides is 1. The lowest BCUT2D eigenvalue weighted by Gasteiger charge is -2.27. The van der Waals surface area contributed by atoms with Gasteiger partial charge in [0.25, 0.3) is 5.91 Å². The molecule has 1 aromatic carbocycles. The number of nitrogens with zero attached hydrogens (tertiary/aromatic N) is 2. The van der Waals surface area contributed by atoms with Crippen molar-refractivity contribution in [1.29, 1.82) is 0 Å². The molecule has 6 heteroatoms. The highest BCUT2D eigenvalue weighted by atomic mass is 19.1. The molecule has 0 unspecified atom stereocenters. The van der Waals surface area contributed by atoms with E-state index in [-0.39, 0.29) is 11.7 Å². The van der Waals surface area contributed by atoms with Crippen LogP contribution in [-0.2, 0) is 0 Å². The average molecular weight is 274 g/mol. The van der Waals surface area contributed by atoms with Gasteiger partial charge in [-0.05, 0) is 24.3 Å². The molecule has 5 nitrogen and oxygen atoms in total. The van der Waals surface area contributed by atoms with E-state index in [1.807, 2.05) is 0 Å². The highest BCUT2D eigenvalue weighted by Gasteiger charge is 2.19. The van der Waals surface area contributed by atoms with E-state index in [4.69, 9.17) is 0 Å². The van der Waals surface area contributed by atoms with Gasteiger partial charge in [-0.25, -0.2) is 9.37 Å². The summed E-state index contributed by atoms with van der Waals surface area (Å²) in [7, 11) is 0. The number of nitrogens with one attached hydrogen (secondary N) is 2. The van der Waals surface area contributed by atoms with E-state index in [1.54, 1.807) is 23.0 Å². The van der Waals surface area contributed by atoms with Crippen molar-refractivity contribution < 1.29 is 9.18 Å². The molecular formula is C14H15FN4O. The molecule has 20 heavy (non-hydrogen) atoms. The number of halogens is 1. The van der Waals surface area contributed by atoms with Crippen molar-refractivity contribution >= 4 is 5.91 Å². The highest BCUT2D eigenvalue weighted by molar-refractivity contribution is 5.93. The van der Waals surface area contributed by atoms with E-state index >= 15 is 0 Å². The molecule has 104 valence electrons. The van der Waals surface area contributed by atoms with Gasteiger partial charge in [0.1, 0.15) is 11.5 Å². The van der Waals surface area contributed by atoms with Crippen molar-refractivity contribution in [3.63, 3.8) is 0 Å². The second-order valence-electron chi connectivity index (χ2n) is 4.86. The fourth-order valence-electron chi connectivity index (χ4n) is 2.09. The predicted molar refractivity (Wildman–Crippen MR) is 72.2 cm³/mol. The van der Waals surface area contributed by atoms with E-state index in [0.717, 1.165) is 13.1 Å². The van der Waals surface area contributed by atoms with Crippen LogP contribution in [0.2, 0.25) is 0 Å². The third-order valence-electron chi connectivity index (χ3n) is 3.39. The van der Waals surface area contributed by atoms with Crippen LogP contribution in [0.25, 0.3) is 5.69 Å². The third-order valence-corrected chi connectivity index (χ3v) is 3.39. The number of aromatic nitrogens is 2. The van der Waals surface area contributed by atoms with Gasteiger partial charge in [0.15, 0.2) is 0 Å². The molecule has 1 fully saturated rings. The van der Waals surface area contributed by atoms with Crippen molar-refractivity contribution in [2.24, 2.45) is 5.92 Å². The Labute approximate surface area is 115 Å². The number of hydrogen-bond acceptors (Lipinski definition) is 3. The molecule has 1 saturated heterocycles. The molecule has 0 aliphatic carbocycles. The minimum absolute atomic E-state index is 0.168. The highest BCUT2D eigenvalue weighted by Crippen LogP contribution is 2.12. The number of hydrogen-bond donors (Lipinski definition) is 2. The minimum atomic E-state index is -0.308. The fraction of sp³-hybridized carbons (Fsp3) is 0.286. The summed E-state index contributed by atoms with van der Waals surface area (Å²) in [6, 6.07) is 5.95. The summed E-state index contributed by atoms with van der Waals surface area (Å²) >= 11 is 0. The Morgan fingerprint density at radius 1 is 1.40 bits per heavy atom. The van der Waals surface area contributed by atoms with E-state index in [2.05, 4.69) is 15.6 Å². The molecule has 0 saturated carbocycles. The van der Waals surface area contributed by atoms with Gasteiger partial charge in [-0.15, -0.1) is 0 Å². The van der Waals surface area contributed by atoms with Gasteiger partial charge in [0.05, 0.1) is 12.5 Å². The second-order valence-corrected chi connectivity index (χ2v) is 4.86. The zero-order valence-corrected chi connectivity index (χ0v) is 10.8. The average Bonchev–Trinajstić information content (AvgIpc) is 2.87. The Balaban J connectivity index is 1.75. The molecule has 0 spiro atoms. The van der Waals surface area contributed by atoms with Crippen LogP contribution in [0.1, 0.15) is 10.5 Å². The number of carbonyl (C=O) groups is 1. The predicted octanol–water partition coefficient (Wildman–Crippen LogP) is 0.961. The van der Waals surface area contributed by atoms with E-state index in [0.29, 0.717) is 23.8 Å². The first-order valence-corrected chi connectivity index (χ1v) is 6.51. The lowest BCUT2D eigenvalue weighted by Crippen LogP contribution is -2.48. The Hall–Kier alpha value is -2.21. The summed E-state index contributed by atoms with van der Waals surface area (Å²) in [5.74, 6) is 0.0252. The Morgan fingerprint density at radius 2 is 2.15 bits per heavy atom. The van der Waals surface area contributed by atoms with Gasteiger partial charge >= 0.3 is 0 Å². The summed E-state index contributed by atoms with van der Waals surface area (Å²) < 4.78 is 14.6. The van der Waals surface area contributed by atoms with Crippen molar-refractivity contribution in [2.45, 2.75) is 0 Å². The van der Waals surface area contributed by atoms with Crippen LogP contribution in [0.4, 0.5) is 4.39 Å². The zero-order valence-electron chi connectivity index (χ0n) is 10.8. The SMILES string of the molecule is O=C(NCC1CNC1)c1cncn1-c1ccc(F)cc1. The number of benzene rings is 1. The maximum Gasteiger partial charge on any atom is 0.269 e. The van der Waals surface area contributed by atoms with E-state index < -0.39 is 0 Å². The smallest absolute Gasteiger partial charge is 0.269 e. The first-order valence-electron chi connectivity index (χ1n) is 6.51. The quantitative estimate of drug-likeness (QED) is 0.873. The maximum atomic E-state index is 12.9. The van der Waals surface area contributed by atoms with Crippen LogP contribution in [0, 0.1) is 11.7 Å². The topological polar surface area (TPSA) is 59.0 Å². The van der Waals surface area contributed by atoms with Gasteiger partial charge in [-0.3, -0.25) is 9.36 Å². The fourth-order valence-corrected chi connectivity index (χ4v) is 2.09. The van der Waals surface area contributed by atoms with Crippen molar-refractivity contribution in [1.82, 2.24) is 20.2 Å². The first kappa shape index (κ1) is 12.8. The van der Waals surface area contributed by atoms with Crippen LogP contribution >= 0.6 is 0 Å². The van der Waals surface area contributed by atoms with Crippen LogP contribution in [0.3, 0.4) is 0 Å². The Bertz CT molecular complexity index is 604. The lowest BCUT2D eigenvalue weighted by molar-refractivity contribution is 0.0935. The minimum Gasteiger partial charge on any atom is -0.350 e. The molecule has 0 bridgehead atoms. The molecular weight excluding hydrogens is 259 g/mol. The maximum absolute atomic E-state index is 12.9. The van der Waals surface area contributed by atoms with Gasteiger partial charge in [-0.2, -0.15) is 0 Å². The van der Waals surface area contributed by atoms with Gasteiger partial charge < -0.3 is 10.6 Å². The molecule has 1 aromatic heterocycles. The molecule has 0 radical (unpaired) electrons. The molecule has 1 amide bonds. The van der Waals surface area contributed by atoms with Crippen molar-refractivity contribution in [3.8, 4) is 5.69 Å². The number of rotatable bonds is 4. The van der Waals surface area contributed by atoms with Gasteiger partial charge in [0.2, 0.25) is 0 Å². The van der Waals surface area contributed by atoms with Crippen LogP contribution in [-0.4, -0.2) is 35.1 Å². The van der Waals surface area contributed by atoms with E-state index in [9.17, 15) is 9.18 Å². The van der Waals surface area contributed by atoms with Crippen LogP contribution in [0.5, 0.6) is 0 Å². The number of imidazole rings is 1.